The summed E-state index contributed by atoms with van der Waals surface area (Å²) in [6.45, 7) is 2.02. The fourth-order valence-electron chi connectivity index (χ4n) is 7.92. The number of hydrogen-bond donors (Lipinski definition) is 3. The van der Waals surface area contributed by atoms with Crippen molar-refractivity contribution in [2.45, 2.75) is 81.6 Å². The Hall–Kier alpha value is -4.30. The van der Waals surface area contributed by atoms with Crippen molar-refractivity contribution in [2.24, 2.45) is 0 Å². The number of alkyl halides is 3. The first-order valence-electron chi connectivity index (χ1n) is 18.9. The zero-order valence-electron chi connectivity index (χ0n) is 30.8. The van der Waals surface area contributed by atoms with E-state index < -0.39 is 35.9 Å². The Balaban J connectivity index is 1.01. The average molecular weight is 792 g/mol. The summed E-state index contributed by atoms with van der Waals surface area (Å²) in [6, 6.07) is 29.4. The van der Waals surface area contributed by atoms with Crippen LogP contribution in [0.2, 0.25) is 5.02 Å². The molecule has 3 saturated heterocycles. The summed E-state index contributed by atoms with van der Waals surface area (Å²) in [5.74, 6) is -2.60. The van der Waals surface area contributed by atoms with Gasteiger partial charge in [0.05, 0.1) is 24.4 Å². The molecule has 0 radical (unpaired) electrons. The molecule has 56 heavy (non-hydrogen) atoms. The third-order valence-electron chi connectivity index (χ3n) is 11.1. The van der Waals surface area contributed by atoms with Gasteiger partial charge in [-0.05, 0) is 77.3 Å². The smallest absolute Gasteiger partial charge is 0.392 e. The number of aliphatic hydroxyl groups is 2. The van der Waals surface area contributed by atoms with Crippen molar-refractivity contribution >= 4 is 23.4 Å². The van der Waals surface area contributed by atoms with Crippen LogP contribution in [-0.4, -0.2) is 76.3 Å². The number of benzene rings is 4. The highest BCUT2D eigenvalue weighted by Crippen LogP contribution is 2.40. The summed E-state index contributed by atoms with van der Waals surface area (Å²) in [4.78, 5) is 27.6. The highest BCUT2D eigenvalue weighted by Gasteiger charge is 2.47. The molecule has 4 atom stereocenters. The van der Waals surface area contributed by atoms with Crippen LogP contribution in [0.25, 0.3) is 11.1 Å². The summed E-state index contributed by atoms with van der Waals surface area (Å²) in [7, 11) is 0. The predicted molar refractivity (Wildman–Crippen MR) is 204 cm³/mol. The van der Waals surface area contributed by atoms with Gasteiger partial charge >= 0.3 is 12.1 Å². The number of piperidine rings is 1. The molecule has 3 fully saturated rings. The Morgan fingerprint density at radius 2 is 1.55 bits per heavy atom. The molecule has 2 amide bonds. The number of hydrogen-bond acceptors (Lipinski definition) is 7. The Morgan fingerprint density at radius 3 is 2.23 bits per heavy atom. The van der Waals surface area contributed by atoms with Crippen molar-refractivity contribution in [3.63, 3.8) is 0 Å². The Bertz CT molecular complexity index is 1970. The molecule has 0 spiro atoms. The number of likely N-dealkylation sites (tertiary alicyclic amines) is 2. The molecule has 3 aliphatic rings. The molecule has 0 bridgehead atoms. The molecule has 4 aromatic rings. The van der Waals surface area contributed by atoms with Crippen LogP contribution < -0.4 is 5.32 Å². The molecular weight excluding hydrogens is 747 g/mol. The standard InChI is InChI=1S/C43H45ClF3N3O6/c44-35-16-14-34(15-17-35)42(54)18-21-49(22-19-42)26-36-24-38(31-8-6-28(27-51)7-9-31)56-40(55-36)32-12-10-30(11-13-32)33-4-1-3-29(23-33)25-48-39(52)37-5-2-20-50(37)41(53)43(45,46)47/h1,3-4,6-17,23,36-38,40,51,54H,2,5,18-22,24-27H2,(H,48,52). The SMILES string of the molecule is O=C(NCc1cccc(-c2ccc(C3OC(CN4CCC(O)(c5ccc(Cl)cc5)CC4)CC(c4ccc(CO)cc4)O3)cc2)c1)C1CCCN1C(=O)C(F)(F)F. The van der Waals surface area contributed by atoms with E-state index >= 15 is 0 Å². The number of rotatable bonds is 10. The summed E-state index contributed by atoms with van der Waals surface area (Å²) in [5, 5.41) is 24.4. The van der Waals surface area contributed by atoms with Crippen LogP contribution in [0.5, 0.6) is 0 Å². The average Bonchev–Trinajstić information content (AvgIpc) is 3.71. The number of halogens is 4. The Morgan fingerprint density at radius 1 is 0.857 bits per heavy atom. The third-order valence-corrected chi connectivity index (χ3v) is 11.4. The maximum Gasteiger partial charge on any atom is 0.471 e. The number of aliphatic hydroxyl groups excluding tert-OH is 1. The number of carbonyl (C=O) groups excluding carboxylic acids is 2. The first kappa shape index (κ1) is 39.9. The van der Waals surface area contributed by atoms with E-state index in [2.05, 4.69) is 10.2 Å². The van der Waals surface area contributed by atoms with E-state index in [1.54, 1.807) is 12.1 Å². The van der Waals surface area contributed by atoms with Crippen LogP contribution >= 0.6 is 11.6 Å². The molecular formula is C43H45ClF3N3O6. The molecule has 4 aromatic carbocycles. The highest BCUT2D eigenvalue weighted by molar-refractivity contribution is 6.30. The molecule has 9 nitrogen and oxygen atoms in total. The lowest BCUT2D eigenvalue weighted by Crippen LogP contribution is -2.50. The monoisotopic (exact) mass is 791 g/mol. The van der Waals surface area contributed by atoms with Crippen molar-refractivity contribution in [1.82, 2.24) is 15.1 Å². The highest BCUT2D eigenvalue weighted by atomic mass is 35.5. The number of carbonyl (C=O) groups is 2. The van der Waals surface area contributed by atoms with Crippen LogP contribution in [0, 0.1) is 0 Å². The van der Waals surface area contributed by atoms with Gasteiger partial charge in [0.25, 0.3) is 0 Å². The zero-order chi connectivity index (χ0) is 39.5. The summed E-state index contributed by atoms with van der Waals surface area (Å²) < 4.78 is 52.4. The summed E-state index contributed by atoms with van der Waals surface area (Å²) >= 11 is 6.08. The lowest BCUT2D eigenvalue weighted by Gasteiger charge is -2.42. The Kier molecular flexibility index (Phi) is 12.2. The van der Waals surface area contributed by atoms with E-state index in [1.807, 2.05) is 84.9 Å². The van der Waals surface area contributed by atoms with Gasteiger partial charge in [0, 0.05) is 49.7 Å². The first-order valence-corrected chi connectivity index (χ1v) is 19.3. The number of nitrogens with one attached hydrogen (secondary N) is 1. The third kappa shape index (κ3) is 9.28. The van der Waals surface area contributed by atoms with E-state index in [0.717, 1.165) is 38.9 Å². The second kappa shape index (κ2) is 17.1. The lowest BCUT2D eigenvalue weighted by molar-refractivity contribution is -0.253. The van der Waals surface area contributed by atoms with Crippen LogP contribution in [0.1, 0.15) is 72.3 Å². The molecule has 0 aromatic heterocycles. The minimum absolute atomic E-state index is 0.0475. The van der Waals surface area contributed by atoms with Crippen LogP contribution in [0.3, 0.4) is 0 Å². The first-order chi connectivity index (χ1) is 26.9. The number of nitrogens with zero attached hydrogens (tertiary/aromatic N) is 2. The second-order valence-electron chi connectivity index (χ2n) is 14.9. The maximum absolute atomic E-state index is 13.1. The van der Waals surface area contributed by atoms with E-state index in [1.165, 1.54) is 0 Å². The molecule has 3 aliphatic heterocycles. The molecule has 7 rings (SSSR count). The van der Waals surface area contributed by atoms with Crippen molar-refractivity contribution in [3.05, 3.63) is 130 Å². The largest absolute Gasteiger partial charge is 0.471 e. The normalized spacial score (nSPS) is 22.9. The van der Waals surface area contributed by atoms with Gasteiger partial charge in [-0.15, -0.1) is 0 Å². The van der Waals surface area contributed by atoms with Crippen molar-refractivity contribution in [3.8, 4) is 11.1 Å². The number of ether oxygens (including phenoxy) is 2. The van der Waals surface area contributed by atoms with Gasteiger partial charge < -0.3 is 34.8 Å². The van der Waals surface area contributed by atoms with Gasteiger partial charge in [-0.3, -0.25) is 9.59 Å². The number of amides is 2. The van der Waals surface area contributed by atoms with Gasteiger partial charge in [-0.25, -0.2) is 0 Å². The maximum atomic E-state index is 13.1. The lowest BCUT2D eigenvalue weighted by atomic mass is 9.84. The fourth-order valence-corrected chi connectivity index (χ4v) is 8.05. The van der Waals surface area contributed by atoms with Crippen LogP contribution in [0.4, 0.5) is 13.2 Å². The van der Waals surface area contributed by atoms with E-state index in [4.69, 9.17) is 21.1 Å². The van der Waals surface area contributed by atoms with Gasteiger partial charge in [0.1, 0.15) is 6.04 Å². The van der Waals surface area contributed by atoms with E-state index in [9.17, 15) is 33.0 Å². The van der Waals surface area contributed by atoms with Gasteiger partial charge in [-0.1, -0.05) is 90.5 Å². The molecule has 296 valence electrons. The molecule has 0 saturated carbocycles. The van der Waals surface area contributed by atoms with Gasteiger partial charge in [0.15, 0.2) is 6.29 Å². The second-order valence-corrected chi connectivity index (χ2v) is 15.3. The summed E-state index contributed by atoms with van der Waals surface area (Å²) in [5.41, 5.74) is 5.15. The van der Waals surface area contributed by atoms with Crippen molar-refractivity contribution in [1.29, 1.82) is 0 Å². The van der Waals surface area contributed by atoms with Crippen LogP contribution in [0.15, 0.2) is 97.1 Å². The minimum atomic E-state index is -5.03. The summed E-state index contributed by atoms with van der Waals surface area (Å²) in [6.07, 6.45) is -3.77. The van der Waals surface area contributed by atoms with Gasteiger partial charge in [-0.2, -0.15) is 13.2 Å². The van der Waals surface area contributed by atoms with Crippen molar-refractivity contribution in [2.75, 3.05) is 26.2 Å². The van der Waals surface area contributed by atoms with Crippen molar-refractivity contribution < 1.29 is 42.4 Å². The quantitative estimate of drug-likeness (QED) is 0.156. The van der Waals surface area contributed by atoms with Crippen LogP contribution in [-0.2, 0) is 37.8 Å². The molecule has 0 aliphatic carbocycles. The fraction of sp³-hybridized carbons (Fsp3) is 0.395. The zero-order valence-corrected chi connectivity index (χ0v) is 31.5. The predicted octanol–water partition coefficient (Wildman–Crippen LogP) is 7.20. The van der Waals surface area contributed by atoms with E-state index in [0.29, 0.717) is 55.2 Å². The molecule has 13 heteroatoms. The van der Waals surface area contributed by atoms with E-state index in [-0.39, 0.29) is 38.3 Å². The molecule has 4 unspecified atom stereocenters. The minimum Gasteiger partial charge on any atom is -0.392 e. The molecule has 3 N–H and O–H groups in total. The Labute approximate surface area is 329 Å². The topological polar surface area (TPSA) is 112 Å². The molecule has 3 heterocycles. The van der Waals surface area contributed by atoms with Gasteiger partial charge in [0.2, 0.25) is 5.91 Å².